The van der Waals surface area contributed by atoms with Crippen LogP contribution < -0.4 is 10.6 Å². The lowest BCUT2D eigenvalue weighted by Crippen LogP contribution is -2.15. The molecule has 0 bridgehead atoms. The number of carbonyl (C=O) groups excluding carboxylic acids is 2. The number of carbonyl (C=O) groups is 2. The molecule has 1 heterocycles. The second-order valence-electron chi connectivity index (χ2n) is 6.76. The van der Waals surface area contributed by atoms with Crippen molar-refractivity contribution in [3.63, 3.8) is 0 Å². The zero-order chi connectivity index (χ0) is 20.1. The molecule has 3 aromatic rings. The predicted molar refractivity (Wildman–Crippen MR) is 117 cm³/mol. The first-order valence-corrected chi connectivity index (χ1v) is 11.2. The summed E-state index contributed by atoms with van der Waals surface area (Å²) in [4.78, 5) is 24.4. The summed E-state index contributed by atoms with van der Waals surface area (Å²) in [5.41, 5.74) is 2.38. The fourth-order valence-corrected chi connectivity index (χ4v) is 4.52. The van der Waals surface area contributed by atoms with Gasteiger partial charge in [0.2, 0.25) is 11.0 Å². The molecule has 1 aliphatic rings. The molecule has 8 heteroatoms. The summed E-state index contributed by atoms with van der Waals surface area (Å²) in [5, 5.41) is 14.3. The number of rotatable bonds is 8. The zero-order valence-corrected chi connectivity index (χ0v) is 17.3. The highest BCUT2D eigenvalue weighted by Gasteiger charge is 2.29. The van der Waals surface area contributed by atoms with Gasteiger partial charge >= 0.3 is 0 Å². The summed E-state index contributed by atoms with van der Waals surface area (Å²) >= 11 is 2.98. The number of thioether (sulfide) groups is 1. The van der Waals surface area contributed by atoms with Crippen molar-refractivity contribution in [2.24, 2.45) is 5.92 Å². The van der Waals surface area contributed by atoms with Crippen molar-refractivity contribution < 1.29 is 9.59 Å². The van der Waals surface area contributed by atoms with Gasteiger partial charge in [0, 0.05) is 22.9 Å². The standard InChI is InChI=1S/C21H20N4O2S2/c26-18(15-9-10-15)22-17-8-4-7-16(13-17)19(27)23-20-24-25-21(29-20)28-12-11-14-5-2-1-3-6-14/h1-8,13,15H,9-12H2,(H,22,26)(H,23,24,27). The molecule has 0 saturated heterocycles. The molecule has 1 aliphatic carbocycles. The second kappa shape index (κ2) is 9.19. The largest absolute Gasteiger partial charge is 0.326 e. The molecule has 1 saturated carbocycles. The molecule has 4 rings (SSSR count). The van der Waals surface area contributed by atoms with E-state index in [0.29, 0.717) is 16.4 Å². The van der Waals surface area contributed by atoms with Gasteiger partial charge in [0.15, 0.2) is 4.34 Å². The van der Waals surface area contributed by atoms with Gasteiger partial charge < -0.3 is 5.32 Å². The van der Waals surface area contributed by atoms with Crippen LogP contribution in [0.5, 0.6) is 0 Å². The number of hydrogen-bond acceptors (Lipinski definition) is 6. The van der Waals surface area contributed by atoms with Crippen LogP contribution in [0.15, 0.2) is 58.9 Å². The van der Waals surface area contributed by atoms with E-state index in [-0.39, 0.29) is 17.7 Å². The van der Waals surface area contributed by atoms with Gasteiger partial charge in [0.25, 0.3) is 5.91 Å². The number of aryl methyl sites for hydroxylation is 1. The third-order valence-corrected chi connectivity index (χ3v) is 6.40. The van der Waals surface area contributed by atoms with E-state index in [4.69, 9.17) is 0 Å². The van der Waals surface area contributed by atoms with Crippen molar-refractivity contribution in [1.29, 1.82) is 0 Å². The van der Waals surface area contributed by atoms with Crippen LogP contribution in [0.4, 0.5) is 10.8 Å². The van der Waals surface area contributed by atoms with Crippen LogP contribution in [0, 0.1) is 5.92 Å². The van der Waals surface area contributed by atoms with E-state index in [0.717, 1.165) is 29.4 Å². The first-order valence-electron chi connectivity index (χ1n) is 9.40. The summed E-state index contributed by atoms with van der Waals surface area (Å²) in [7, 11) is 0. The molecule has 0 unspecified atom stereocenters. The first kappa shape index (κ1) is 19.6. The zero-order valence-electron chi connectivity index (χ0n) is 15.6. The van der Waals surface area contributed by atoms with Crippen molar-refractivity contribution in [3.8, 4) is 0 Å². The molecule has 1 fully saturated rings. The van der Waals surface area contributed by atoms with E-state index in [2.05, 4.69) is 33.0 Å². The van der Waals surface area contributed by atoms with Crippen molar-refractivity contribution in [1.82, 2.24) is 10.2 Å². The number of anilines is 2. The molecule has 0 aliphatic heterocycles. The molecule has 6 nitrogen and oxygen atoms in total. The Kier molecular flexibility index (Phi) is 6.21. The van der Waals surface area contributed by atoms with Gasteiger partial charge in [-0.15, -0.1) is 10.2 Å². The van der Waals surface area contributed by atoms with E-state index in [1.54, 1.807) is 36.0 Å². The minimum absolute atomic E-state index is 0.0175. The van der Waals surface area contributed by atoms with Gasteiger partial charge in [-0.1, -0.05) is 59.5 Å². The summed E-state index contributed by atoms with van der Waals surface area (Å²) in [5.74, 6) is 0.759. The summed E-state index contributed by atoms with van der Waals surface area (Å²) in [6, 6.07) is 17.2. The van der Waals surface area contributed by atoms with Gasteiger partial charge in [0.05, 0.1) is 0 Å². The van der Waals surface area contributed by atoms with Crippen LogP contribution in [0.1, 0.15) is 28.8 Å². The number of nitrogens with one attached hydrogen (secondary N) is 2. The van der Waals surface area contributed by atoms with Crippen LogP contribution in [0.2, 0.25) is 0 Å². The van der Waals surface area contributed by atoms with E-state index < -0.39 is 0 Å². The predicted octanol–water partition coefficient (Wildman–Crippen LogP) is 4.47. The molecule has 0 atom stereocenters. The van der Waals surface area contributed by atoms with Gasteiger partial charge in [-0.3, -0.25) is 14.9 Å². The lowest BCUT2D eigenvalue weighted by molar-refractivity contribution is -0.117. The Hall–Kier alpha value is -2.71. The molecular weight excluding hydrogens is 404 g/mol. The maximum Gasteiger partial charge on any atom is 0.257 e. The molecule has 148 valence electrons. The maximum atomic E-state index is 12.5. The smallest absolute Gasteiger partial charge is 0.257 e. The van der Waals surface area contributed by atoms with E-state index >= 15 is 0 Å². The highest BCUT2D eigenvalue weighted by molar-refractivity contribution is 8.01. The number of hydrogen-bond donors (Lipinski definition) is 2. The topological polar surface area (TPSA) is 84.0 Å². The maximum absolute atomic E-state index is 12.5. The molecule has 29 heavy (non-hydrogen) atoms. The lowest BCUT2D eigenvalue weighted by atomic mass is 10.2. The summed E-state index contributed by atoms with van der Waals surface area (Å²) in [6.07, 6.45) is 2.83. The van der Waals surface area contributed by atoms with Crippen molar-refractivity contribution in [2.45, 2.75) is 23.6 Å². The second-order valence-corrected chi connectivity index (χ2v) is 9.08. The summed E-state index contributed by atoms with van der Waals surface area (Å²) < 4.78 is 0.821. The third kappa shape index (κ3) is 5.65. The van der Waals surface area contributed by atoms with Crippen molar-refractivity contribution >= 4 is 45.7 Å². The molecule has 0 radical (unpaired) electrons. The van der Waals surface area contributed by atoms with Crippen molar-refractivity contribution in [3.05, 3.63) is 65.7 Å². The minimum Gasteiger partial charge on any atom is -0.326 e. The molecule has 2 amide bonds. The van der Waals surface area contributed by atoms with Gasteiger partial charge in [0.1, 0.15) is 0 Å². The highest BCUT2D eigenvalue weighted by Crippen LogP contribution is 2.30. The van der Waals surface area contributed by atoms with Crippen LogP contribution in [-0.4, -0.2) is 27.8 Å². The summed E-state index contributed by atoms with van der Waals surface area (Å²) in [6.45, 7) is 0. The monoisotopic (exact) mass is 424 g/mol. The highest BCUT2D eigenvalue weighted by atomic mass is 32.2. The molecular formula is C21H20N4O2S2. The average molecular weight is 425 g/mol. The number of amides is 2. The van der Waals surface area contributed by atoms with Gasteiger partial charge in [-0.2, -0.15) is 0 Å². The van der Waals surface area contributed by atoms with Crippen molar-refractivity contribution in [2.75, 3.05) is 16.4 Å². The third-order valence-electron chi connectivity index (χ3n) is 4.43. The van der Waals surface area contributed by atoms with Crippen LogP contribution >= 0.6 is 23.1 Å². The molecule has 0 spiro atoms. The SMILES string of the molecule is O=C(Nc1nnc(SCCc2ccccc2)s1)c1cccc(NC(=O)C2CC2)c1. The quantitative estimate of drug-likeness (QED) is 0.412. The molecule has 2 N–H and O–H groups in total. The average Bonchev–Trinajstić information content (AvgIpc) is 3.50. The van der Waals surface area contributed by atoms with Gasteiger partial charge in [-0.05, 0) is 43.0 Å². The number of benzene rings is 2. The Morgan fingerprint density at radius 2 is 1.86 bits per heavy atom. The lowest BCUT2D eigenvalue weighted by Gasteiger charge is -2.06. The van der Waals surface area contributed by atoms with E-state index in [9.17, 15) is 9.59 Å². The first-order chi connectivity index (χ1) is 14.2. The van der Waals surface area contributed by atoms with Gasteiger partial charge in [-0.25, -0.2) is 0 Å². The number of aromatic nitrogens is 2. The Morgan fingerprint density at radius 1 is 1.03 bits per heavy atom. The Balaban J connectivity index is 1.30. The molecule has 1 aromatic heterocycles. The van der Waals surface area contributed by atoms with Crippen LogP contribution in [0.25, 0.3) is 0 Å². The Bertz CT molecular complexity index is 1000. The Morgan fingerprint density at radius 3 is 2.66 bits per heavy atom. The Labute approximate surface area is 177 Å². The van der Waals surface area contributed by atoms with E-state index in [1.165, 1.54) is 16.9 Å². The fourth-order valence-electron chi connectivity index (χ4n) is 2.72. The minimum atomic E-state index is -0.274. The number of nitrogens with zero attached hydrogens (tertiary/aromatic N) is 2. The molecule has 2 aromatic carbocycles. The van der Waals surface area contributed by atoms with Crippen LogP contribution in [-0.2, 0) is 11.2 Å². The van der Waals surface area contributed by atoms with E-state index in [1.807, 2.05) is 18.2 Å². The normalized spacial score (nSPS) is 13.1. The van der Waals surface area contributed by atoms with Crippen LogP contribution in [0.3, 0.4) is 0 Å². The fraction of sp³-hybridized carbons (Fsp3) is 0.238.